The lowest BCUT2D eigenvalue weighted by Gasteiger charge is -2.07. The highest BCUT2D eigenvalue weighted by Gasteiger charge is 2.32. The predicted molar refractivity (Wildman–Crippen MR) is 68.1 cm³/mol. The summed E-state index contributed by atoms with van der Waals surface area (Å²) in [4.78, 5) is 13.7. The Morgan fingerprint density at radius 3 is 2.16 bits per heavy atom. The molecule has 0 saturated heterocycles. The van der Waals surface area contributed by atoms with Crippen LogP contribution < -0.4 is 4.74 Å². The number of hydrogen-bond acceptors (Lipinski definition) is 3. The second-order valence-electron chi connectivity index (χ2n) is 2.85. The molecule has 1 rings (SSSR count). The van der Waals surface area contributed by atoms with Gasteiger partial charge in [0.25, 0.3) is 0 Å². The predicted octanol–water partition coefficient (Wildman–Crippen LogP) is 4.12. The molecule has 0 aliphatic carbocycles. The first-order valence-electron chi connectivity index (χ1n) is 6.06. The number of alkyl halides is 3. The van der Waals surface area contributed by atoms with Crippen LogP contribution in [0.25, 0.3) is 0 Å². The van der Waals surface area contributed by atoms with Gasteiger partial charge in [0.15, 0.2) is 5.78 Å². The number of aromatic nitrogens is 1. The number of carbonyl (C=O) groups excluding carboxylic acids is 1. The molecule has 0 aromatic carbocycles. The van der Waals surface area contributed by atoms with Gasteiger partial charge in [0.05, 0.1) is 0 Å². The van der Waals surface area contributed by atoms with Crippen molar-refractivity contribution < 1.29 is 22.7 Å². The zero-order chi connectivity index (χ0) is 15.5. The molecule has 0 N–H and O–H groups in total. The topological polar surface area (TPSA) is 39.2 Å². The van der Waals surface area contributed by atoms with Crippen molar-refractivity contribution in [2.45, 2.75) is 40.8 Å². The summed E-state index contributed by atoms with van der Waals surface area (Å²) < 4.78 is 41.3. The third-order valence-corrected chi connectivity index (χ3v) is 1.44. The second-order valence-corrected chi connectivity index (χ2v) is 2.85. The van der Waals surface area contributed by atoms with Crippen molar-refractivity contribution in [1.82, 2.24) is 4.98 Å². The van der Waals surface area contributed by atoms with Crippen molar-refractivity contribution in [2.75, 3.05) is 6.61 Å². The summed E-state index contributed by atoms with van der Waals surface area (Å²) in [5.41, 5.74) is -1.04. The quantitative estimate of drug-likeness (QED) is 0.835. The second kappa shape index (κ2) is 10.3. The highest BCUT2D eigenvalue weighted by Crippen LogP contribution is 2.28. The van der Waals surface area contributed by atoms with E-state index in [1.165, 1.54) is 19.1 Å². The average Bonchev–Trinajstić information content (AvgIpc) is 2.40. The fraction of sp³-hybridized carbons (Fsp3) is 0.538. The van der Waals surface area contributed by atoms with Crippen molar-refractivity contribution in [3.8, 4) is 5.88 Å². The highest BCUT2D eigenvalue weighted by atomic mass is 19.4. The fourth-order valence-electron chi connectivity index (χ4n) is 0.829. The molecule has 3 nitrogen and oxygen atoms in total. The lowest BCUT2D eigenvalue weighted by atomic mass is 10.3. The molecule has 0 radical (unpaired) electrons. The average molecular weight is 279 g/mol. The molecule has 1 aromatic heterocycles. The van der Waals surface area contributed by atoms with Crippen LogP contribution in [-0.4, -0.2) is 17.4 Å². The van der Waals surface area contributed by atoms with Crippen LogP contribution in [0.3, 0.4) is 0 Å². The first-order valence-corrected chi connectivity index (χ1v) is 6.06. The van der Waals surface area contributed by atoms with E-state index in [1.54, 1.807) is 0 Å². The van der Waals surface area contributed by atoms with Gasteiger partial charge in [-0.2, -0.15) is 13.2 Å². The molecule has 0 saturated carbocycles. The Kier molecular flexibility index (Phi) is 10.7. The van der Waals surface area contributed by atoms with Gasteiger partial charge in [-0.05, 0) is 13.0 Å². The molecule has 0 fully saturated rings. The number of halogens is 3. The van der Waals surface area contributed by atoms with Crippen molar-refractivity contribution in [1.29, 1.82) is 0 Å². The minimum atomic E-state index is -4.50. The number of Topliss-reactive ketones (excluding diaryl/α,β-unsaturated/α-hetero) is 1. The molecular weight excluding hydrogens is 259 g/mol. The number of hydrogen-bond donors (Lipinski definition) is 0. The minimum absolute atomic E-state index is 0.208. The van der Waals surface area contributed by atoms with Crippen LogP contribution in [0.1, 0.15) is 40.3 Å². The van der Waals surface area contributed by atoms with Gasteiger partial charge in [0.2, 0.25) is 5.88 Å². The van der Waals surface area contributed by atoms with E-state index in [2.05, 4.69) is 4.98 Å². The van der Waals surface area contributed by atoms with E-state index in [9.17, 15) is 18.0 Å². The van der Waals surface area contributed by atoms with Crippen LogP contribution in [-0.2, 0) is 11.0 Å². The van der Waals surface area contributed by atoms with Gasteiger partial charge in [0, 0.05) is 6.07 Å². The molecule has 0 aliphatic heterocycles. The molecule has 0 spiro atoms. The van der Waals surface area contributed by atoms with E-state index in [0.29, 0.717) is 0 Å². The van der Waals surface area contributed by atoms with Gasteiger partial charge in [-0.3, -0.25) is 4.79 Å². The van der Waals surface area contributed by atoms with Crippen LogP contribution in [0, 0.1) is 0 Å². The van der Waals surface area contributed by atoms with Gasteiger partial charge < -0.3 is 4.74 Å². The van der Waals surface area contributed by atoms with Crippen molar-refractivity contribution in [2.24, 2.45) is 0 Å². The molecule has 0 amide bonds. The zero-order valence-electron chi connectivity index (χ0n) is 11.8. The van der Waals surface area contributed by atoms with E-state index in [-0.39, 0.29) is 18.3 Å². The summed E-state index contributed by atoms with van der Waals surface area (Å²) in [6.07, 6.45) is -4.50. The monoisotopic (exact) mass is 279 g/mol. The Balaban J connectivity index is 0. The Morgan fingerprint density at radius 2 is 1.74 bits per heavy atom. The van der Waals surface area contributed by atoms with E-state index >= 15 is 0 Å². The summed E-state index contributed by atoms with van der Waals surface area (Å²) in [5.74, 6) is -0.491. The van der Waals surface area contributed by atoms with Gasteiger partial charge in [-0.25, -0.2) is 4.98 Å². The van der Waals surface area contributed by atoms with Crippen LogP contribution >= 0.6 is 0 Å². The Labute approximate surface area is 111 Å². The first-order chi connectivity index (χ1) is 8.89. The Bertz CT molecular complexity index is 365. The summed E-state index contributed by atoms with van der Waals surface area (Å²) >= 11 is 0. The lowest BCUT2D eigenvalue weighted by molar-refractivity contribution is -0.141. The third-order valence-electron chi connectivity index (χ3n) is 1.44. The van der Waals surface area contributed by atoms with Gasteiger partial charge in [-0.15, -0.1) is 0 Å². The maximum Gasteiger partial charge on any atom is 0.433 e. The van der Waals surface area contributed by atoms with Crippen LogP contribution in [0.15, 0.2) is 18.2 Å². The molecular formula is C13H20F3NO2. The van der Waals surface area contributed by atoms with Crippen molar-refractivity contribution in [3.63, 3.8) is 0 Å². The molecule has 19 heavy (non-hydrogen) atoms. The van der Waals surface area contributed by atoms with E-state index < -0.39 is 11.9 Å². The number of pyridine rings is 1. The normalized spacial score (nSPS) is 9.47. The zero-order valence-corrected chi connectivity index (χ0v) is 11.8. The molecule has 0 bridgehead atoms. The molecule has 1 heterocycles. The van der Waals surface area contributed by atoms with Gasteiger partial charge >= 0.3 is 6.18 Å². The molecule has 0 unspecified atom stereocenters. The van der Waals surface area contributed by atoms with Crippen LogP contribution in [0.2, 0.25) is 0 Å². The number of rotatable bonds is 3. The molecule has 6 heteroatoms. The summed E-state index contributed by atoms with van der Waals surface area (Å²) in [7, 11) is 0. The number of carbonyl (C=O) groups is 1. The van der Waals surface area contributed by atoms with E-state index in [1.807, 2.05) is 27.7 Å². The molecule has 110 valence electrons. The first kappa shape index (κ1) is 19.7. The maximum absolute atomic E-state index is 12.2. The van der Waals surface area contributed by atoms with E-state index in [4.69, 9.17) is 4.74 Å². The molecule has 0 atom stereocenters. The third kappa shape index (κ3) is 9.04. The smallest absolute Gasteiger partial charge is 0.433 e. The number of nitrogens with zero attached hydrogens (tertiary/aromatic N) is 1. The SMILES string of the molecule is CC.CC.CC(=O)COc1cccc(C(F)(F)F)n1. The standard InChI is InChI=1S/C9H8F3NO2.2C2H6/c1-6(14)5-15-8-4-2-3-7(13-8)9(10,11)12;2*1-2/h2-4H,5H2,1H3;2*1-2H3. The van der Waals surface area contributed by atoms with Crippen LogP contribution in [0.4, 0.5) is 13.2 Å². The number of ketones is 1. The van der Waals surface area contributed by atoms with Crippen LogP contribution in [0.5, 0.6) is 5.88 Å². The van der Waals surface area contributed by atoms with Gasteiger partial charge in [0.1, 0.15) is 12.3 Å². The van der Waals surface area contributed by atoms with Crippen molar-refractivity contribution in [3.05, 3.63) is 23.9 Å². The summed E-state index contributed by atoms with van der Waals surface area (Å²) in [6, 6.07) is 3.27. The fourth-order valence-corrected chi connectivity index (χ4v) is 0.829. The van der Waals surface area contributed by atoms with Crippen molar-refractivity contribution >= 4 is 5.78 Å². The Hall–Kier alpha value is -1.59. The Morgan fingerprint density at radius 1 is 1.21 bits per heavy atom. The minimum Gasteiger partial charge on any atom is -0.470 e. The maximum atomic E-state index is 12.2. The van der Waals surface area contributed by atoms with Gasteiger partial charge in [-0.1, -0.05) is 33.8 Å². The highest BCUT2D eigenvalue weighted by molar-refractivity contribution is 5.76. The van der Waals surface area contributed by atoms with E-state index in [0.717, 1.165) is 6.07 Å². The summed E-state index contributed by atoms with van der Waals surface area (Å²) in [5, 5.41) is 0. The lowest BCUT2D eigenvalue weighted by Crippen LogP contribution is -2.11. The molecule has 0 aliphatic rings. The molecule has 1 aromatic rings. The summed E-state index contributed by atoms with van der Waals surface area (Å²) in [6.45, 7) is 8.99. The largest absolute Gasteiger partial charge is 0.470 e. The number of ether oxygens (including phenoxy) is 1.